The van der Waals surface area contributed by atoms with E-state index in [9.17, 15) is 4.39 Å². The van der Waals surface area contributed by atoms with Crippen molar-refractivity contribution in [1.82, 2.24) is 5.32 Å². The van der Waals surface area contributed by atoms with Crippen LogP contribution < -0.4 is 5.32 Å². The van der Waals surface area contributed by atoms with Crippen LogP contribution in [0.4, 0.5) is 4.39 Å². The second kappa shape index (κ2) is 6.67. The van der Waals surface area contributed by atoms with E-state index in [2.05, 4.69) is 27.2 Å². The minimum atomic E-state index is -0.229. The van der Waals surface area contributed by atoms with E-state index in [-0.39, 0.29) is 11.9 Å². The third-order valence-electron chi connectivity index (χ3n) is 2.32. The molecule has 0 fully saturated rings. The molecule has 1 nitrogen and oxygen atoms in total. The molecule has 16 heavy (non-hydrogen) atoms. The predicted molar refractivity (Wildman–Crippen MR) is 68.6 cm³/mol. The Morgan fingerprint density at radius 3 is 2.81 bits per heavy atom. The van der Waals surface area contributed by atoms with Crippen LogP contribution in [-0.2, 0) is 0 Å². The van der Waals surface area contributed by atoms with Gasteiger partial charge in [0.05, 0.1) is 0 Å². The van der Waals surface area contributed by atoms with Gasteiger partial charge in [-0.1, -0.05) is 22.9 Å². The lowest BCUT2D eigenvalue weighted by Crippen LogP contribution is -2.20. The second-order valence-corrected chi connectivity index (χ2v) is 4.47. The minimum Gasteiger partial charge on any atom is -0.310 e. The van der Waals surface area contributed by atoms with E-state index in [1.165, 1.54) is 6.07 Å². The van der Waals surface area contributed by atoms with Gasteiger partial charge in [-0.25, -0.2) is 4.39 Å². The molecule has 0 heterocycles. The predicted octanol–water partition coefficient (Wildman–Crippen LogP) is 3.65. The summed E-state index contributed by atoms with van der Waals surface area (Å²) < 4.78 is 14.0. The highest BCUT2D eigenvalue weighted by Crippen LogP contribution is 2.23. The Balaban J connectivity index is 2.87. The first-order valence-corrected chi connectivity index (χ1v) is 6.09. The number of hydrogen-bond donors (Lipinski definition) is 1. The Labute approximate surface area is 105 Å². The maximum atomic E-state index is 13.3. The van der Waals surface area contributed by atoms with Crippen molar-refractivity contribution in [3.63, 3.8) is 0 Å². The Kier molecular flexibility index (Phi) is 5.51. The molecule has 1 atom stereocenters. The SMILES string of the molecule is C#CCCC(NCC)c1cc(F)cc(Br)c1. The largest absolute Gasteiger partial charge is 0.310 e. The summed E-state index contributed by atoms with van der Waals surface area (Å²) in [6.45, 7) is 2.86. The standard InChI is InChI=1S/C13H15BrFN/c1-3-5-6-13(16-4-2)10-7-11(14)9-12(15)8-10/h1,7-9,13,16H,4-6H2,2H3. The molecule has 0 saturated carbocycles. The molecule has 0 bridgehead atoms. The Morgan fingerprint density at radius 2 is 2.25 bits per heavy atom. The fourth-order valence-electron chi connectivity index (χ4n) is 1.64. The zero-order valence-corrected chi connectivity index (χ0v) is 10.8. The van der Waals surface area contributed by atoms with E-state index in [1.807, 2.05) is 13.0 Å². The van der Waals surface area contributed by atoms with Gasteiger partial charge < -0.3 is 5.32 Å². The molecule has 1 unspecified atom stereocenters. The smallest absolute Gasteiger partial charge is 0.124 e. The summed E-state index contributed by atoms with van der Waals surface area (Å²) in [5.41, 5.74) is 0.934. The van der Waals surface area contributed by atoms with Crippen LogP contribution in [-0.4, -0.2) is 6.54 Å². The van der Waals surface area contributed by atoms with Gasteiger partial charge in [-0.2, -0.15) is 0 Å². The highest BCUT2D eigenvalue weighted by molar-refractivity contribution is 9.10. The topological polar surface area (TPSA) is 12.0 Å². The van der Waals surface area contributed by atoms with Gasteiger partial charge in [0.25, 0.3) is 0 Å². The molecule has 1 aromatic rings. The molecule has 86 valence electrons. The Morgan fingerprint density at radius 1 is 1.50 bits per heavy atom. The minimum absolute atomic E-state index is 0.119. The van der Waals surface area contributed by atoms with Gasteiger partial charge >= 0.3 is 0 Å². The van der Waals surface area contributed by atoms with Crippen LogP contribution in [0.2, 0.25) is 0 Å². The van der Waals surface area contributed by atoms with Crippen molar-refractivity contribution in [2.45, 2.75) is 25.8 Å². The molecule has 0 saturated heterocycles. The van der Waals surface area contributed by atoms with Crippen molar-refractivity contribution in [3.05, 3.63) is 34.1 Å². The molecule has 0 spiro atoms. The zero-order chi connectivity index (χ0) is 12.0. The summed E-state index contributed by atoms with van der Waals surface area (Å²) in [6.07, 6.45) is 6.76. The van der Waals surface area contributed by atoms with Crippen LogP contribution in [0.5, 0.6) is 0 Å². The van der Waals surface area contributed by atoms with Gasteiger partial charge in [0.1, 0.15) is 5.82 Å². The van der Waals surface area contributed by atoms with Gasteiger partial charge in [0, 0.05) is 16.9 Å². The number of rotatable bonds is 5. The van der Waals surface area contributed by atoms with Gasteiger partial charge in [-0.05, 0) is 36.7 Å². The molecule has 1 aromatic carbocycles. The summed E-state index contributed by atoms with van der Waals surface area (Å²) in [6, 6.07) is 5.04. The van der Waals surface area contributed by atoms with E-state index < -0.39 is 0 Å². The van der Waals surface area contributed by atoms with Gasteiger partial charge in [-0.15, -0.1) is 12.3 Å². The first-order valence-electron chi connectivity index (χ1n) is 5.30. The van der Waals surface area contributed by atoms with E-state index in [1.54, 1.807) is 6.07 Å². The Hall–Kier alpha value is -0.850. The maximum absolute atomic E-state index is 13.3. The van der Waals surface area contributed by atoms with Crippen LogP contribution in [0, 0.1) is 18.2 Å². The average molecular weight is 284 g/mol. The highest BCUT2D eigenvalue weighted by atomic mass is 79.9. The van der Waals surface area contributed by atoms with E-state index in [4.69, 9.17) is 6.42 Å². The summed E-state index contributed by atoms with van der Waals surface area (Å²) in [5, 5.41) is 3.31. The molecule has 1 rings (SSSR count). The molecule has 0 aromatic heterocycles. The fourth-order valence-corrected chi connectivity index (χ4v) is 2.12. The molecule has 0 radical (unpaired) electrons. The van der Waals surface area contributed by atoms with E-state index in [0.29, 0.717) is 6.42 Å². The molecule has 3 heteroatoms. The van der Waals surface area contributed by atoms with Crippen molar-refractivity contribution < 1.29 is 4.39 Å². The lowest BCUT2D eigenvalue weighted by atomic mass is 10.0. The lowest BCUT2D eigenvalue weighted by Gasteiger charge is -2.17. The quantitative estimate of drug-likeness (QED) is 0.814. The molecule has 0 aliphatic heterocycles. The van der Waals surface area contributed by atoms with Gasteiger partial charge in [-0.3, -0.25) is 0 Å². The number of nitrogens with one attached hydrogen (secondary N) is 1. The average Bonchev–Trinajstić information content (AvgIpc) is 2.22. The van der Waals surface area contributed by atoms with Crippen molar-refractivity contribution >= 4 is 15.9 Å². The third kappa shape index (κ3) is 3.96. The number of halogens is 2. The summed E-state index contributed by atoms with van der Waals surface area (Å²) >= 11 is 3.29. The molecule has 0 aliphatic rings. The monoisotopic (exact) mass is 283 g/mol. The van der Waals surface area contributed by atoms with Crippen LogP contribution in [0.25, 0.3) is 0 Å². The van der Waals surface area contributed by atoms with E-state index >= 15 is 0 Å². The number of terminal acetylenes is 1. The first kappa shape index (κ1) is 13.2. The first-order chi connectivity index (χ1) is 7.67. The summed E-state index contributed by atoms with van der Waals surface area (Å²) in [4.78, 5) is 0. The van der Waals surface area contributed by atoms with Crippen LogP contribution in [0.15, 0.2) is 22.7 Å². The number of hydrogen-bond acceptors (Lipinski definition) is 1. The summed E-state index contributed by atoms with van der Waals surface area (Å²) in [7, 11) is 0. The highest BCUT2D eigenvalue weighted by Gasteiger charge is 2.11. The van der Waals surface area contributed by atoms with Crippen LogP contribution in [0.1, 0.15) is 31.4 Å². The molecule has 0 amide bonds. The molecule has 0 aliphatic carbocycles. The Bertz CT molecular complexity index is 364. The lowest BCUT2D eigenvalue weighted by molar-refractivity contribution is 0.517. The van der Waals surface area contributed by atoms with Crippen molar-refractivity contribution in [2.75, 3.05) is 6.54 Å². The van der Waals surface area contributed by atoms with Gasteiger partial charge in [0.15, 0.2) is 0 Å². The van der Waals surface area contributed by atoms with Crippen molar-refractivity contribution in [2.24, 2.45) is 0 Å². The fraction of sp³-hybridized carbons (Fsp3) is 0.385. The normalized spacial score (nSPS) is 12.1. The van der Waals surface area contributed by atoms with E-state index in [0.717, 1.165) is 23.0 Å². The van der Waals surface area contributed by atoms with Crippen LogP contribution in [0.3, 0.4) is 0 Å². The zero-order valence-electron chi connectivity index (χ0n) is 9.26. The second-order valence-electron chi connectivity index (χ2n) is 3.56. The molecular formula is C13H15BrFN. The van der Waals surface area contributed by atoms with Crippen LogP contribution >= 0.6 is 15.9 Å². The molecule has 1 N–H and O–H groups in total. The number of benzene rings is 1. The molecular weight excluding hydrogens is 269 g/mol. The summed E-state index contributed by atoms with van der Waals surface area (Å²) in [5.74, 6) is 2.38. The maximum Gasteiger partial charge on any atom is 0.124 e. The van der Waals surface area contributed by atoms with Crippen molar-refractivity contribution in [3.8, 4) is 12.3 Å². The van der Waals surface area contributed by atoms with Crippen molar-refractivity contribution in [1.29, 1.82) is 0 Å². The van der Waals surface area contributed by atoms with Gasteiger partial charge in [0.2, 0.25) is 0 Å². The third-order valence-corrected chi connectivity index (χ3v) is 2.77.